The van der Waals surface area contributed by atoms with Crippen LogP contribution >= 0.6 is 0 Å². The van der Waals surface area contributed by atoms with Gasteiger partial charge in [0.05, 0.1) is 11.6 Å². The van der Waals surface area contributed by atoms with Gasteiger partial charge >= 0.3 is 0 Å². The second-order valence-electron chi connectivity index (χ2n) is 6.23. The first kappa shape index (κ1) is 17.3. The molecule has 23 heavy (non-hydrogen) atoms. The minimum absolute atomic E-state index is 0.743. The smallest absolute Gasteiger partial charge is 0.0998 e. The molecule has 0 saturated heterocycles. The third-order valence-electron chi connectivity index (χ3n) is 4.38. The molecular formula is C22H27N. The number of rotatable bonds is 9. The molecule has 0 N–H and O–H groups in total. The Bertz CT molecular complexity index is 619. The highest BCUT2D eigenvalue weighted by atomic mass is 14.2. The topological polar surface area (TPSA) is 23.8 Å². The number of nitrogens with zero attached hydrogens (tertiary/aromatic N) is 1. The van der Waals surface area contributed by atoms with E-state index in [1.54, 1.807) is 0 Å². The van der Waals surface area contributed by atoms with Crippen molar-refractivity contribution in [2.24, 2.45) is 0 Å². The summed E-state index contributed by atoms with van der Waals surface area (Å²) in [6, 6.07) is 18.8. The van der Waals surface area contributed by atoms with E-state index < -0.39 is 0 Å². The van der Waals surface area contributed by atoms with Crippen LogP contribution in [0.15, 0.2) is 48.5 Å². The Hall–Kier alpha value is -2.07. The molecule has 1 nitrogen and oxygen atoms in total. The lowest BCUT2D eigenvalue weighted by molar-refractivity contribution is 0.589. The van der Waals surface area contributed by atoms with Gasteiger partial charge in [0.1, 0.15) is 0 Å². The van der Waals surface area contributed by atoms with Gasteiger partial charge in [-0.15, -0.1) is 0 Å². The highest BCUT2D eigenvalue weighted by Crippen LogP contribution is 2.24. The van der Waals surface area contributed by atoms with Gasteiger partial charge < -0.3 is 0 Å². The Morgan fingerprint density at radius 1 is 0.783 bits per heavy atom. The standard InChI is InChI=1S/C22H27N/c1-2-3-4-5-6-7-8-11-19-14-16-20(17-15-19)22-13-10-9-12-21(22)18-23/h9-10,12-17H,2-8,11H2,1H3. The monoisotopic (exact) mass is 305 g/mol. The molecule has 0 bridgehead atoms. The fourth-order valence-electron chi connectivity index (χ4n) is 2.97. The fourth-order valence-corrected chi connectivity index (χ4v) is 2.97. The third-order valence-corrected chi connectivity index (χ3v) is 4.38. The zero-order chi connectivity index (χ0) is 16.3. The lowest BCUT2D eigenvalue weighted by Crippen LogP contribution is -1.88. The molecule has 0 spiro atoms. The Labute approximate surface area is 141 Å². The van der Waals surface area contributed by atoms with Crippen LogP contribution in [-0.4, -0.2) is 0 Å². The molecule has 2 aromatic rings. The summed E-state index contributed by atoms with van der Waals surface area (Å²) in [5, 5.41) is 9.20. The first-order chi connectivity index (χ1) is 11.3. The van der Waals surface area contributed by atoms with E-state index in [4.69, 9.17) is 0 Å². The molecule has 0 amide bonds. The Morgan fingerprint density at radius 2 is 1.43 bits per heavy atom. The summed E-state index contributed by atoms with van der Waals surface area (Å²) in [6.45, 7) is 2.26. The van der Waals surface area contributed by atoms with Crippen molar-refractivity contribution in [3.05, 3.63) is 59.7 Å². The number of unbranched alkanes of at least 4 members (excludes halogenated alkanes) is 6. The van der Waals surface area contributed by atoms with Crippen molar-refractivity contribution in [1.82, 2.24) is 0 Å². The maximum absolute atomic E-state index is 9.20. The third kappa shape index (κ3) is 5.57. The lowest BCUT2D eigenvalue weighted by Gasteiger charge is -2.06. The van der Waals surface area contributed by atoms with E-state index in [-0.39, 0.29) is 0 Å². The van der Waals surface area contributed by atoms with Gasteiger partial charge in [-0.3, -0.25) is 0 Å². The molecule has 0 radical (unpaired) electrons. The summed E-state index contributed by atoms with van der Waals surface area (Å²) in [5.74, 6) is 0. The van der Waals surface area contributed by atoms with Gasteiger partial charge in [-0.2, -0.15) is 5.26 Å². The van der Waals surface area contributed by atoms with E-state index in [9.17, 15) is 5.26 Å². The van der Waals surface area contributed by atoms with E-state index in [2.05, 4.69) is 37.3 Å². The summed E-state index contributed by atoms with van der Waals surface area (Å²) in [7, 11) is 0. The van der Waals surface area contributed by atoms with Gasteiger partial charge in [0, 0.05) is 0 Å². The summed E-state index contributed by atoms with van der Waals surface area (Å²) >= 11 is 0. The predicted molar refractivity (Wildman–Crippen MR) is 98.3 cm³/mol. The highest BCUT2D eigenvalue weighted by molar-refractivity contribution is 5.70. The lowest BCUT2D eigenvalue weighted by atomic mass is 9.98. The minimum atomic E-state index is 0.743. The maximum atomic E-state index is 9.20. The summed E-state index contributed by atoms with van der Waals surface area (Å²) in [5.41, 5.74) is 4.30. The first-order valence-electron chi connectivity index (χ1n) is 8.93. The van der Waals surface area contributed by atoms with Crippen molar-refractivity contribution in [2.45, 2.75) is 58.3 Å². The van der Waals surface area contributed by atoms with Crippen LogP contribution in [0.25, 0.3) is 11.1 Å². The number of nitriles is 1. The quantitative estimate of drug-likeness (QED) is 0.484. The van der Waals surface area contributed by atoms with Crippen LogP contribution in [0.3, 0.4) is 0 Å². The largest absolute Gasteiger partial charge is 0.192 e. The molecular weight excluding hydrogens is 278 g/mol. The van der Waals surface area contributed by atoms with Crippen LogP contribution in [0.2, 0.25) is 0 Å². The zero-order valence-electron chi connectivity index (χ0n) is 14.2. The molecule has 0 fully saturated rings. The molecule has 1 heteroatoms. The highest BCUT2D eigenvalue weighted by Gasteiger charge is 2.03. The molecule has 0 atom stereocenters. The van der Waals surface area contributed by atoms with E-state index in [1.807, 2.05) is 24.3 Å². The van der Waals surface area contributed by atoms with Crippen LogP contribution in [-0.2, 0) is 6.42 Å². The molecule has 0 unspecified atom stereocenters. The van der Waals surface area contributed by atoms with E-state index >= 15 is 0 Å². The number of aryl methyl sites for hydroxylation is 1. The number of hydrogen-bond donors (Lipinski definition) is 0. The maximum Gasteiger partial charge on any atom is 0.0998 e. The minimum Gasteiger partial charge on any atom is -0.192 e. The Morgan fingerprint density at radius 3 is 2.13 bits per heavy atom. The van der Waals surface area contributed by atoms with Crippen LogP contribution < -0.4 is 0 Å². The molecule has 0 saturated carbocycles. The van der Waals surface area contributed by atoms with Crippen LogP contribution in [0.4, 0.5) is 0 Å². The second kappa shape index (κ2) is 9.85. The summed E-state index contributed by atoms with van der Waals surface area (Å²) < 4.78 is 0. The van der Waals surface area contributed by atoms with Crippen LogP contribution in [0, 0.1) is 11.3 Å². The SMILES string of the molecule is CCCCCCCCCc1ccc(-c2ccccc2C#N)cc1. The van der Waals surface area contributed by atoms with Crippen molar-refractivity contribution in [3.8, 4) is 17.2 Å². The normalized spacial score (nSPS) is 10.4. The zero-order valence-corrected chi connectivity index (χ0v) is 14.2. The molecule has 0 aromatic heterocycles. The van der Waals surface area contributed by atoms with Crippen LogP contribution in [0.1, 0.15) is 63.0 Å². The van der Waals surface area contributed by atoms with Gasteiger partial charge in [-0.05, 0) is 35.6 Å². The van der Waals surface area contributed by atoms with Gasteiger partial charge in [0.25, 0.3) is 0 Å². The predicted octanol–water partition coefficient (Wildman–Crippen LogP) is 6.52. The summed E-state index contributed by atoms with van der Waals surface area (Å²) in [4.78, 5) is 0. The molecule has 120 valence electrons. The molecule has 0 aliphatic heterocycles. The molecule has 0 aliphatic carbocycles. The van der Waals surface area contributed by atoms with Crippen LogP contribution in [0.5, 0.6) is 0 Å². The average molecular weight is 305 g/mol. The molecule has 0 heterocycles. The van der Waals surface area contributed by atoms with E-state index in [0.29, 0.717) is 0 Å². The van der Waals surface area contributed by atoms with Gasteiger partial charge in [-0.25, -0.2) is 0 Å². The van der Waals surface area contributed by atoms with Gasteiger partial charge in [-0.1, -0.05) is 87.9 Å². The first-order valence-corrected chi connectivity index (χ1v) is 8.93. The fraction of sp³-hybridized carbons (Fsp3) is 0.409. The summed E-state index contributed by atoms with van der Waals surface area (Å²) in [6.07, 6.45) is 10.6. The van der Waals surface area contributed by atoms with Gasteiger partial charge in [0.15, 0.2) is 0 Å². The van der Waals surface area contributed by atoms with Crippen molar-refractivity contribution >= 4 is 0 Å². The molecule has 0 aliphatic rings. The van der Waals surface area contributed by atoms with E-state index in [0.717, 1.165) is 23.1 Å². The Kier molecular flexibility index (Phi) is 7.40. The Balaban J connectivity index is 1.82. The molecule has 2 rings (SSSR count). The van der Waals surface area contributed by atoms with Crippen molar-refractivity contribution in [2.75, 3.05) is 0 Å². The van der Waals surface area contributed by atoms with Crippen molar-refractivity contribution in [3.63, 3.8) is 0 Å². The average Bonchev–Trinajstić information content (AvgIpc) is 2.61. The van der Waals surface area contributed by atoms with Crippen molar-refractivity contribution in [1.29, 1.82) is 5.26 Å². The number of hydrogen-bond acceptors (Lipinski definition) is 1. The van der Waals surface area contributed by atoms with Crippen molar-refractivity contribution < 1.29 is 0 Å². The molecule has 2 aromatic carbocycles. The van der Waals surface area contributed by atoms with E-state index in [1.165, 1.54) is 50.5 Å². The second-order valence-corrected chi connectivity index (χ2v) is 6.23. The van der Waals surface area contributed by atoms with Gasteiger partial charge in [0.2, 0.25) is 0 Å². The number of benzene rings is 2.